The van der Waals surface area contributed by atoms with Crippen LogP contribution in [0.25, 0.3) is 22.2 Å². The van der Waals surface area contributed by atoms with Crippen LogP contribution in [-0.4, -0.2) is 27.0 Å². The molecule has 0 aliphatic rings. The maximum absolute atomic E-state index is 9.90. The Hall–Kier alpha value is -2.56. The van der Waals surface area contributed by atoms with Gasteiger partial charge in [-0.2, -0.15) is 5.10 Å². The summed E-state index contributed by atoms with van der Waals surface area (Å²) in [5.41, 5.74) is 4.79. The van der Waals surface area contributed by atoms with E-state index < -0.39 is 0 Å². The maximum atomic E-state index is 9.90. The van der Waals surface area contributed by atoms with Crippen LogP contribution in [0.1, 0.15) is 11.3 Å². The number of methoxy groups -OCH3 is 1. The van der Waals surface area contributed by atoms with Crippen molar-refractivity contribution in [2.45, 2.75) is 13.8 Å². The predicted octanol–water partition coefficient (Wildman–Crippen LogP) is 2.97. The number of phenolic OH excluding ortho intramolecular Hbond substituents is 1. The van der Waals surface area contributed by atoms with Gasteiger partial charge in [-0.3, -0.25) is 4.68 Å². The van der Waals surface area contributed by atoms with Gasteiger partial charge in [-0.25, -0.2) is 4.98 Å². The smallest absolute Gasteiger partial charge is 0.162 e. The highest BCUT2D eigenvalue weighted by molar-refractivity contribution is 5.88. The molecule has 3 rings (SSSR count). The van der Waals surface area contributed by atoms with Crippen molar-refractivity contribution in [3.05, 3.63) is 35.7 Å². The predicted molar refractivity (Wildman–Crippen MR) is 81.6 cm³/mol. The van der Waals surface area contributed by atoms with Gasteiger partial charge < -0.3 is 9.84 Å². The molecule has 1 N–H and O–H groups in total. The summed E-state index contributed by atoms with van der Waals surface area (Å²) in [6.07, 6.45) is 1.82. The van der Waals surface area contributed by atoms with Crippen LogP contribution in [0.4, 0.5) is 0 Å². The van der Waals surface area contributed by atoms with Crippen molar-refractivity contribution in [3.63, 3.8) is 0 Å². The van der Waals surface area contributed by atoms with E-state index in [0.29, 0.717) is 5.75 Å². The van der Waals surface area contributed by atoms with Crippen LogP contribution in [0.15, 0.2) is 24.4 Å². The number of aryl methyl sites for hydroxylation is 2. The summed E-state index contributed by atoms with van der Waals surface area (Å²) in [4.78, 5) is 4.69. The molecule has 5 nitrogen and oxygen atoms in total. The van der Waals surface area contributed by atoms with Gasteiger partial charge in [0.1, 0.15) is 0 Å². The fourth-order valence-electron chi connectivity index (χ4n) is 2.46. The van der Waals surface area contributed by atoms with Crippen LogP contribution < -0.4 is 4.74 Å². The lowest BCUT2D eigenvalue weighted by atomic mass is 10.1. The molecule has 2 heterocycles. The van der Waals surface area contributed by atoms with Crippen LogP contribution in [0, 0.1) is 13.8 Å². The summed E-state index contributed by atoms with van der Waals surface area (Å²) in [6, 6.07) is 5.46. The number of aromatic nitrogens is 3. The molecule has 0 bridgehead atoms. The molecule has 0 aliphatic heterocycles. The molecule has 0 radical (unpaired) electrons. The number of hydrogen-bond donors (Lipinski definition) is 1. The second-order valence-electron chi connectivity index (χ2n) is 5.13. The molecule has 108 valence electrons. The van der Waals surface area contributed by atoms with Crippen LogP contribution in [0.3, 0.4) is 0 Å². The van der Waals surface area contributed by atoms with Gasteiger partial charge >= 0.3 is 0 Å². The second-order valence-corrected chi connectivity index (χ2v) is 5.13. The maximum Gasteiger partial charge on any atom is 0.162 e. The highest BCUT2D eigenvalue weighted by Gasteiger charge is 2.12. The number of benzene rings is 1. The molecule has 0 amide bonds. The summed E-state index contributed by atoms with van der Waals surface area (Å²) in [5.74, 6) is 0.551. The number of rotatable bonds is 2. The average molecular weight is 283 g/mol. The Kier molecular flexibility index (Phi) is 3.05. The topological polar surface area (TPSA) is 60.2 Å². The normalized spacial score (nSPS) is 11.0. The Balaban J connectivity index is 2.27. The largest absolute Gasteiger partial charge is 0.504 e. The first kappa shape index (κ1) is 13.4. The first-order valence-electron chi connectivity index (χ1n) is 6.68. The van der Waals surface area contributed by atoms with Gasteiger partial charge in [0, 0.05) is 29.8 Å². The van der Waals surface area contributed by atoms with Crippen LogP contribution >= 0.6 is 0 Å². The molecular weight excluding hydrogens is 266 g/mol. The van der Waals surface area contributed by atoms with Gasteiger partial charge in [0.2, 0.25) is 0 Å². The van der Waals surface area contributed by atoms with Crippen molar-refractivity contribution in [2.75, 3.05) is 7.11 Å². The third-order valence-corrected chi connectivity index (χ3v) is 3.83. The lowest BCUT2D eigenvalue weighted by Gasteiger charge is -2.09. The highest BCUT2D eigenvalue weighted by Crippen LogP contribution is 2.33. The van der Waals surface area contributed by atoms with Crippen molar-refractivity contribution in [3.8, 4) is 22.8 Å². The zero-order valence-corrected chi connectivity index (χ0v) is 12.5. The van der Waals surface area contributed by atoms with E-state index >= 15 is 0 Å². The molecule has 0 fully saturated rings. The minimum Gasteiger partial charge on any atom is -0.504 e. The van der Waals surface area contributed by atoms with Crippen molar-refractivity contribution >= 4 is 10.9 Å². The van der Waals surface area contributed by atoms with E-state index in [1.807, 2.05) is 37.8 Å². The number of nitrogens with zero attached hydrogens (tertiary/aromatic N) is 3. The van der Waals surface area contributed by atoms with Gasteiger partial charge in [-0.05, 0) is 31.5 Å². The average Bonchev–Trinajstić information content (AvgIpc) is 2.79. The van der Waals surface area contributed by atoms with Gasteiger partial charge in [0.15, 0.2) is 11.5 Å². The van der Waals surface area contributed by atoms with E-state index in [1.54, 1.807) is 12.1 Å². The number of pyridine rings is 1. The fraction of sp³-hybridized carbons (Fsp3) is 0.250. The van der Waals surface area contributed by atoms with E-state index in [1.165, 1.54) is 7.11 Å². The molecule has 0 saturated carbocycles. The molecular formula is C16H17N3O2. The summed E-state index contributed by atoms with van der Waals surface area (Å²) in [5, 5.41) is 15.1. The molecule has 0 aliphatic carbocycles. The number of aromatic hydroxyl groups is 1. The summed E-state index contributed by atoms with van der Waals surface area (Å²) in [6.45, 7) is 4.02. The molecule has 3 aromatic rings. The molecule has 2 aromatic heterocycles. The van der Waals surface area contributed by atoms with Crippen molar-refractivity contribution < 1.29 is 9.84 Å². The lowest BCUT2D eigenvalue weighted by molar-refractivity contribution is 0.374. The molecule has 1 aromatic carbocycles. The fourth-order valence-corrected chi connectivity index (χ4v) is 2.46. The SMILES string of the molecule is COc1cc2nc(-c3cnn(C)c3C)cc(C)c2cc1O. The first-order chi connectivity index (χ1) is 10.0. The van der Waals surface area contributed by atoms with Gasteiger partial charge in [-0.1, -0.05) is 0 Å². The summed E-state index contributed by atoms with van der Waals surface area (Å²) >= 11 is 0. The Morgan fingerprint density at radius 1 is 1.19 bits per heavy atom. The van der Waals surface area contributed by atoms with E-state index in [4.69, 9.17) is 4.74 Å². The monoisotopic (exact) mass is 283 g/mol. The zero-order chi connectivity index (χ0) is 15.1. The van der Waals surface area contributed by atoms with Crippen LogP contribution in [0.2, 0.25) is 0 Å². The summed E-state index contributed by atoms with van der Waals surface area (Å²) < 4.78 is 6.99. The van der Waals surface area contributed by atoms with E-state index in [0.717, 1.165) is 33.4 Å². The zero-order valence-electron chi connectivity index (χ0n) is 12.5. The third kappa shape index (κ3) is 2.11. The summed E-state index contributed by atoms with van der Waals surface area (Å²) in [7, 11) is 3.44. The second kappa shape index (κ2) is 4.77. The minimum absolute atomic E-state index is 0.125. The van der Waals surface area contributed by atoms with E-state index in [-0.39, 0.29) is 5.75 Å². The van der Waals surface area contributed by atoms with Gasteiger partial charge in [0.05, 0.1) is 24.5 Å². The molecule has 0 unspecified atom stereocenters. The molecule has 0 spiro atoms. The highest BCUT2D eigenvalue weighted by atomic mass is 16.5. The quantitative estimate of drug-likeness (QED) is 0.785. The van der Waals surface area contributed by atoms with Gasteiger partial charge in [0.25, 0.3) is 0 Å². The number of fused-ring (bicyclic) bond motifs is 1. The number of phenols is 1. The van der Waals surface area contributed by atoms with Gasteiger partial charge in [-0.15, -0.1) is 0 Å². The minimum atomic E-state index is 0.125. The Morgan fingerprint density at radius 3 is 2.57 bits per heavy atom. The first-order valence-corrected chi connectivity index (χ1v) is 6.68. The van der Waals surface area contributed by atoms with Crippen molar-refractivity contribution in [1.29, 1.82) is 0 Å². The Labute approximate surface area is 122 Å². The lowest BCUT2D eigenvalue weighted by Crippen LogP contribution is -1.94. The molecule has 21 heavy (non-hydrogen) atoms. The number of ether oxygens (including phenoxy) is 1. The van der Waals surface area contributed by atoms with Crippen LogP contribution in [0.5, 0.6) is 11.5 Å². The van der Waals surface area contributed by atoms with E-state index in [9.17, 15) is 5.11 Å². The van der Waals surface area contributed by atoms with Crippen LogP contribution in [-0.2, 0) is 7.05 Å². The number of hydrogen-bond acceptors (Lipinski definition) is 4. The molecule has 0 atom stereocenters. The third-order valence-electron chi connectivity index (χ3n) is 3.83. The van der Waals surface area contributed by atoms with Crippen molar-refractivity contribution in [1.82, 2.24) is 14.8 Å². The van der Waals surface area contributed by atoms with E-state index in [2.05, 4.69) is 10.1 Å². The van der Waals surface area contributed by atoms with Crippen molar-refractivity contribution in [2.24, 2.45) is 7.05 Å². The Bertz CT molecular complexity index is 837. The molecule has 0 saturated heterocycles. The molecule has 5 heteroatoms. The Morgan fingerprint density at radius 2 is 1.95 bits per heavy atom. The standard InChI is InChI=1S/C16H17N3O2/c1-9-5-13(12-8-17-19(3)10(12)2)18-14-7-16(21-4)15(20)6-11(9)14/h5-8,20H,1-4H3.